The van der Waals surface area contributed by atoms with Crippen molar-refractivity contribution >= 4 is 27.5 Å². The van der Waals surface area contributed by atoms with Crippen molar-refractivity contribution in [2.24, 2.45) is 0 Å². The first-order chi connectivity index (χ1) is 12.4. The number of fused-ring (bicyclic) bond motifs is 2. The van der Waals surface area contributed by atoms with E-state index >= 15 is 0 Å². The van der Waals surface area contributed by atoms with Gasteiger partial charge in [0.2, 0.25) is 5.91 Å². The van der Waals surface area contributed by atoms with Crippen molar-refractivity contribution in [3.05, 3.63) is 59.7 Å². The Labute approximate surface area is 152 Å². The topological polar surface area (TPSA) is 74.8 Å². The van der Waals surface area contributed by atoms with Crippen molar-refractivity contribution in [3.8, 4) is 0 Å². The summed E-state index contributed by atoms with van der Waals surface area (Å²) in [6.45, 7) is 1.44. The molecule has 2 aromatic carbocycles. The molecule has 2 aromatic rings. The number of benzene rings is 2. The van der Waals surface area contributed by atoms with E-state index in [-0.39, 0.29) is 16.5 Å². The summed E-state index contributed by atoms with van der Waals surface area (Å²) in [7, 11) is -3.99. The number of anilines is 1. The maximum absolute atomic E-state index is 13.0. The van der Waals surface area contributed by atoms with Crippen molar-refractivity contribution in [1.82, 2.24) is 4.31 Å². The van der Waals surface area contributed by atoms with Gasteiger partial charge in [0.25, 0.3) is 15.9 Å². The fraction of sp³-hybridized carbons (Fsp3) is 0.263. The van der Waals surface area contributed by atoms with Crippen molar-refractivity contribution in [2.75, 3.05) is 11.4 Å². The molecule has 1 atom stereocenters. The minimum atomic E-state index is -3.99. The van der Waals surface area contributed by atoms with Crippen LogP contribution in [0.1, 0.15) is 29.3 Å². The zero-order valence-electron chi connectivity index (χ0n) is 14.3. The van der Waals surface area contributed by atoms with E-state index in [2.05, 4.69) is 0 Å². The summed E-state index contributed by atoms with van der Waals surface area (Å²) in [5.41, 5.74) is 1.96. The normalized spacial score (nSPS) is 20.7. The van der Waals surface area contributed by atoms with Gasteiger partial charge in [-0.2, -0.15) is 0 Å². The Morgan fingerprint density at radius 2 is 1.81 bits per heavy atom. The summed E-state index contributed by atoms with van der Waals surface area (Å²) in [5.74, 6) is -1.04. The van der Waals surface area contributed by atoms with Gasteiger partial charge in [-0.3, -0.25) is 9.59 Å². The average Bonchev–Trinajstić information content (AvgIpc) is 2.83. The van der Waals surface area contributed by atoms with Crippen molar-refractivity contribution < 1.29 is 18.0 Å². The molecule has 0 fully saturated rings. The number of rotatable bonds is 2. The van der Waals surface area contributed by atoms with E-state index in [1.165, 1.54) is 12.1 Å². The molecule has 0 N–H and O–H groups in total. The Balaban J connectivity index is 1.67. The van der Waals surface area contributed by atoms with Gasteiger partial charge in [0.1, 0.15) is 11.4 Å². The van der Waals surface area contributed by atoms with E-state index < -0.39 is 28.4 Å². The summed E-state index contributed by atoms with van der Waals surface area (Å²) in [5, 5.41) is 0. The predicted molar refractivity (Wildman–Crippen MR) is 96.4 cm³/mol. The van der Waals surface area contributed by atoms with Crippen LogP contribution in [0.3, 0.4) is 0 Å². The van der Waals surface area contributed by atoms with Crippen molar-refractivity contribution in [1.29, 1.82) is 0 Å². The number of hydrogen-bond acceptors (Lipinski definition) is 4. The standard InChI is InChI=1S/C19H18N2O4S/c1-13-10-11-14-6-2-4-8-16(14)21(13)18(22)12-20-19(23)15-7-3-5-9-17(15)26(20,24)25/h2-9,13H,10-12H2,1H3/t13-/m1/s1. The first-order valence-corrected chi connectivity index (χ1v) is 9.91. The lowest BCUT2D eigenvalue weighted by Crippen LogP contribution is -2.48. The number of carbonyl (C=O) groups is 2. The molecule has 0 saturated heterocycles. The second-order valence-corrected chi connectivity index (χ2v) is 8.42. The largest absolute Gasteiger partial charge is 0.308 e. The first-order valence-electron chi connectivity index (χ1n) is 8.47. The molecule has 26 heavy (non-hydrogen) atoms. The molecule has 7 heteroatoms. The SMILES string of the molecule is C[C@@H]1CCc2ccccc2N1C(=O)CN1C(=O)c2ccccc2S1(=O)=O. The van der Waals surface area contributed by atoms with Crippen LogP contribution < -0.4 is 4.90 Å². The number of carbonyl (C=O) groups excluding carboxylic acids is 2. The molecule has 2 amide bonds. The average molecular weight is 370 g/mol. The van der Waals surface area contributed by atoms with Gasteiger partial charge < -0.3 is 4.90 Å². The Hall–Kier alpha value is -2.67. The predicted octanol–water partition coefficient (Wildman–Crippen LogP) is 2.20. The highest BCUT2D eigenvalue weighted by Gasteiger charge is 2.43. The quantitative estimate of drug-likeness (QED) is 0.812. The molecular formula is C19H18N2O4S. The number of amides is 2. The molecule has 0 bridgehead atoms. The lowest BCUT2D eigenvalue weighted by molar-refractivity contribution is -0.119. The van der Waals surface area contributed by atoms with Gasteiger partial charge in [0, 0.05) is 11.7 Å². The summed E-state index contributed by atoms with van der Waals surface area (Å²) in [6, 6.07) is 13.6. The fourth-order valence-electron chi connectivity index (χ4n) is 3.65. The summed E-state index contributed by atoms with van der Waals surface area (Å²) in [6.07, 6.45) is 1.66. The second-order valence-electron chi connectivity index (χ2n) is 6.59. The van der Waals surface area contributed by atoms with Crippen LogP contribution in [-0.2, 0) is 21.2 Å². The third-order valence-corrected chi connectivity index (χ3v) is 6.77. The molecular weight excluding hydrogens is 352 g/mol. The molecule has 2 heterocycles. The summed E-state index contributed by atoms with van der Waals surface area (Å²) in [4.78, 5) is 27.1. The van der Waals surface area contributed by atoms with Gasteiger partial charge in [0.15, 0.2) is 0 Å². The molecule has 0 radical (unpaired) electrons. The molecule has 6 nitrogen and oxygen atoms in total. The van der Waals surface area contributed by atoms with Crippen LogP contribution in [0.15, 0.2) is 53.4 Å². The van der Waals surface area contributed by atoms with E-state index in [1.807, 2.05) is 31.2 Å². The van der Waals surface area contributed by atoms with Crippen LogP contribution in [0, 0.1) is 0 Å². The molecule has 0 unspecified atom stereocenters. The Bertz CT molecular complexity index is 1020. The minimum Gasteiger partial charge on any atom is -0.308 e. The number of hydrogen-bond donors (Lipinski definition) is 0. The lowest BCUT2D eigenvalue weighted by Gasteiger charge is -2.36. The van der Waals surface area contributed by atoms with Crippen molar-refractivity contribution in [3.63, 3.8) is 0 Å². The van der Waals surface area contributed by atoms with E-state index in [0.29, 0.717) is 4.31 Å². The highest BCUT2D eigenvalue weighted by molar-refractivity contribution is 7.90. The number of aryl methyl sites for hydroxylation is 1. The second kappa shape index (κ2) is 5.95. The fourth-order valence-corrected chi connectivity index (χ4v) is 5.17. The zero-order chi connectivity index (χ0) is 18.5. The molecule has 0 aromatic heterocycles. The van der Waals surface area contributed by atoms with Gasteiger partial charge in [-0.25, -0.2) is 12.7 Å². The van der Waals surface area contributed by atoms with Gasteiger partial charge in [-0.15, -0.1) is 0 Å². The van der Waals surface area contributed by atoms with Crippen molar-refractivity contribution in [2.45, 2.75) is 30.7 Å². The van der Waals surface area contributed by atoms with Crippen LogP contribution in [0.25, 0.3) is 0 Å². The van der Waals surface area contributed by atoms with Crippen LogP contribution >= 0.6 is 0 Å². The lowest BCUT2D eigenvalue weighted by atomic mass is 9.96. The maximum atomic E-state index is 13.0. The van der Waals surface area contributed by atoms with Gasteiger partial charge in [-0.1, -0.05) is 30.3 Å². The van der Waals surface area contributed by atoms with Crippen LogP contribution in [0.4, 0.5) is 5.69 Å². The monoisotopic (exact) mass is 370 g/mol. The molecule has 0 saturated carbocycles. The number of nitrogens with zero attached hydrogens (tertiary/aromatic N) is 2. The van der Waals surface area contributed by atoms with E-state index in [4.69, 9.17) is 0 Å². The molecule has 4 rings (SSSR count). The zero-order valence-corrected chi connectivity index (χ0v) is 15.1. The number of para-hydroxylation sites is 1. The van der Waals surface area contributed by atoms with E-state index in [1.54, 1.807) is 17.0 Å². The smallest absolute Gasteiger partial charge is 0.269 e. The van der Waals surface area contributed by atoms with Crippen LogP contribution in [-0.4, -0.2) is 37.1 Å². The third kappa shape index (κ3) is 2.42. The van der Waals surface area contributed by atoms with Gasteiger partial charge in [-0.05, 0) is 43.5 Å². The Kier molecular flexibility index (Phi) is 3.84. The Morgan fingerprint density at radius 3 is 2.58 bits per heavy atom. The highest BCUT2D eigenvalue weighted by atomic mass is 32.2. The molecule has 2 aliphatic heterocycles. The maximum Gasteiger partial charge on any atom is 0.269 e. The summed E-state index contributed by atoms with van der Waals surface area (Å²) < 4.78 is 26.0. The van der Waals surface area contributed by atoms with E-state index in [0.717, 1.165) is 24.1 Å². The molecule has 0 aliphatic carbocycles. The Morgan fingerprint density at radius 1 is 1.12 bits per heavy atom. The molecule has 0 spiro atoms. The minimum absolute atomic E-state index is 0.0371. The van der Waals surface area contributed by atoms with Crippen LogP contribution in [0.5, 0.6) is 0 Å². The third-order valence-electron chi connectivity index (χ3n) is 4.98. The van der Waals surface area contributed by atoms with Crippen LogP contribution in [0.2, 0.25) is 0 Å². The highest BCUT2D eigenvalue weighted by Crippen LogP contribution is 2.33. The summed E-state index contributed by atoms with van der Waals surface area (Å²) >= 11 is 0. The number of sulfonamides is 1. The molecule has 2 aliphatic rings. The molecule has 134 valence electrons. The first kappa shape index (κ1) is 16.8. The van der Waals surface area contributed by atoms with E-state index in [9.17, 15) is 18.0 Å². The van der Waals surface area contributed by atoms with Gasteiger partial charge >= 0.3 is 0 Å². The van der Waals surface area contributed by atoms with Gasteiger partial charge in [0.05, 0.1) is 5.56 Å².